The van der Waals surface area contributed by atoms with Gasteiger partial charge in [0.05, 0.1) is 21.8 Å². The summed E-state index contributed by atoms with van der Waals surface area (Å²) in [5.41, 5.74) is 1.73. The van der Waals surface area contributed by atoms with Crippen molar-refractivity contribution < 1.29 is 13.2 Å². The van der Waals surface area contributed by atoms with E-state index in [1.807, 2.05) is 5.38 Å². The number of nitrogens with one attached hydrogen (secondary N) is 2. The highest BCUT2D eigenvalue weighted by molar-refractivity contribution is 7.89. The van der Waals surface area contributed by atoms with E-state index < -0.39 is 10.0 Å². The zero-order valence-corrected chi connectivity index (χ0v) is 17.6. The van der Waals surface area contributed by atoms with Crippen molar-refractivity contribution in [2.75, 3.05) is 30.3 Å². The molecule has 2 N–H and O–H groups in total. The van der Waals surface area contributed by atoms with E-state index in [0.717, 1.165) is 19.4 Å². The maximum Gasteiger partial charge on any atom is 0.256 e. The predicted molar refractivity (Wildman–Crippen MR) is 112 cm³/mol. The minimum Gasteiger partial charge on any atom is -0.383 e. The van der Waals surface area contributed by atoms with Gasteiger partial charge in [0, 0.05) is 25.0 Å². The molecule has 0 fully saturated rings. The Morgan fingerprint density at radius 1 is 1.11 bits per heavy atom. The van der Waals surface area contributed by atoms with Gasteiger partial charge < -0.3 is 10.6 Å². The highest BCUT2D eigenvalue weighted by Gasteiger charge is 2.23. The third-order valence-corrected chi connectivity index (χ3v) is 6.94. The molecule has 1 aromatic carbocycles. The number of nitrogens with zero attached hydrogens (tertiary/aromatic N) is 1. The number of hydrogen-bond donors (Lipinski definition) is 2. The van der Waals surface area contributed by atoms with Gasteiger partial charge in [-0.2, -0.15) is 15.6 Å². The first-order valence-electron chi connectivity index (χ1n) is 9.15. The topological polar surface area (TPSA) is 78.5 Å². The molecule has 2 rings (SSSR count). The highest BCUT2D eigenvalue weighted by Crippen LogP contribution is 2.28. The molecule has 8 heteroatoms. The number of carbonyl (C=O) groups is 1. The number of unbranched alkanes of at least 4 members (excludes halogenated alkanes) is 1. The number of rotatable bonds is 10. The minimum atomic E-state index is -3.60. The lowest BCUT2D eigenvalue weighted by molar-refractivity contribution is 0.102. The van der Waals surface area contributed by atoms with Crippen LogP contribution in [0.5, 0.6) is 0 Å². The average molecular weight is 410 g/mol. The standard InChI is InChI=1S/C19H27N3O3S2/c1-4-7-11-20-17-9-8-16(27(24,25)22(5-2)6-3)13-18(17)21-19(23)15-10-12-26-14-15/h8-10,12-14,20H,4-7,11H2,1-3H3,(H,21,23). The first kappa shape index (κ1) is 21.4. The smallest absolute Gasteiger partial charge is 0.256 e. The van der Waals surface area contributed by atoms with Gasteiger partial charge in [0.15, 0.2) is 0 Å². The first-order valence-corrected chi connectivity index (χ1v) is 11.5. The lowest BCUT2D eigenvalue weighted by Gasteiger charge is -2.20. The van der Waals surface area contributed by atoms with E-state index in [4.69, 9.17) is 0 Å². The van der Waals surface area contributed by atoms with Crippen LogP contribution in [0.1, 0.15) is 44.0 Å². The first-order chi connectivity index (χ1) is 12.9. The van der Waals surface area contributed by atoms with Gasteiger partial charge in [-0.25, -0.2) is 8.42 Å². The molecule has 0 aliphatic heterocycles. The molecule has 0 saturated carbocycles. The Bertz CT molecular complexity index is 845. The molecule has 0 unspecified atom stereocenters. The fourth-order valence-corrected chi connectivity index (χ4v) is 4.76. The van der Waals surface area contributed by atoms with Crippen LogP contribution in [-0.2, 0) is 10.0 Å². The summed E-state index contributed by atoms with van der Waals surface area (Å²) >= 11 is 1.44. The van der Waals surface area contributed by atoms with Crippen LogP contribution in [0.2, 0.25) is 0 Å². The van der Waals surface area contributed by atoms with Gasteiger partial charge in [-0.05, 0) is 36.1 Å². The summed E-state index contributed by atoms with van der Waals surface area (Å²) in [4.78, 5) is 12.6. The van der Waals surface area contributed by atoms with Crippen LogP contribution in [0.4, 0.5) is 11.4 Å². The van der Waals surface area contributed by atoms with Crippen LogP contribution >= 0.6 is 11.3 Å². The Kier molecular flexibility index (Phi) is 7.82. The van der Waals surface area contributed by atoms with Crippen molar-refractivity contribution >= 4 is 38.6 Å². The van der Waals surface area contributed by atoms with Crippen LogP contribution in [0.15, 0.2) is 39.9 Å². The number of amides is 1. The molecular weight excluding hydrogens is 382 g/mol. The fourth-order valence-electron chi connectivity index (χ4n) is 2.64. The van der Waals surface area contributed by atoms with Crippen LogP contribution in [0.25, 0.3) is 0 Å². The molecule has 0 radical (unpaired) electrons. The molecule has 2 aromatic rings. The molecule has 0 saturated heterocycles. The number of hydrogen-bond acceptors (Lipinski definition) is 5. The highest BCUT2D eigenvalue weighted by atomic mass is 32.2. The van der Waals surface area contributed by atoms with Gasteiger partial charge in [0.25, 0.3) is 5.91 Å². The summed E-state index contributed by atoms with van der Waals surface area (Å²) in [6.45, 7) is 7.25. The Balaban J connectivity index is 2.37. The normalized spacial score (nSPS) is 11.6. The number of thiophene rings is 1. The maximum atomic E-state index is 12.8. The van der Waals surface area contributed by atoms with E-state index in [9.17, 15) is 13.2 Å². The molecule has 0 spiro atoms. The van der Waals surface area contributed by atoms with Crippen molar-refractivity contribution in [3.8, 4) is 0 Å². The average Bonchev–Trinajstić information content (AvgIpc) is 3.18. The van der Waals surface area contributed by atoms with Gasteiger partial charge >= 0.3 is 0 Å². The lowest BCUT2D eigenvalue weighted by atomic mass is 10.2. The predicted octanol–water partition coefficient (Wildman–Crippen LogP) is 4.24. The van der Waals surface area contributed by atoms with Gasteiger partial charge in [-0.1, -0.05) is 27.2 Å². The minimum absolute atomic E-state index is 0.174. The summed E-state index contributed by atoms with van der Waals surface area (Å²) in [6, 6.07) is 6.57. The summed E-state index contributed by atoms with van der Waals surface area (Å²) in [7, 11) is -3.60. The third kappa shape index (κ3) is 5.31. The van der Waals surface area contributed by atoms with Crippen LogP contribution in [0.3, 0.4) is 0 Å². The molecule has 27 heavy (non-hydrogen) atoms. The van der Waals surface area contributed by atoms with Gasteiger partial charge in [0.1, 0.15) is 0 Å². The number of carbonyl (C=O) groups excluding carboxylic acids is 1. The largest absolute Gasteiger partial charge is 0.383 e. The third-order valence-electron chi connectivity index (χ3n) is 4.21. The molecule has 1 heterocycles. The molecule has 6 nitrogen and oxygen atoms in total. The van der Waals surface area contributed by atoms with E-state index in [0.29, 0.717) is 30.0 Å². The second-order valence-electron chi connectivity index (χ2n) is 6.04. The quantitative estimate of drug-likeness (QED) is 0.575. The van der Waals surface area contributed by atoms with Gasteiger partial charge in [-0.15, -0.1) is 0 Å². The summed E-state index contributed by atoms with van der Waals surface area (Å²) in [5, 5.41) is 9.72. The van der Waals surface area contributed by atoms with Crippen molar-refractivity contribution in [2.24, 2.45) is 0 Å². The molecule has 148 valence electrons. The zero-order chi connectivity index (χ0) is 19.9. The van der Waals surface area contributed by atoms with Crippen molar-refractivity contribution in [1.29, 1.82) is 0 Å². The van der Waals surface area contributed by atoms with E-state index in [2.05, 4.69) is 17.6 Å². The molecule has 0 bridgehead atoms. The van der Waals surface area contributed by atoms with Crippen molar-refractivity contribution in [3.05, 3.63) is 40.6 Å². The Morgan fingerprint density at radius 2 is 1.85 bits per heavy atom. The second-order valence-corrected chi connectivity index (χ2v) is 8.76. The SMILES string of the molecule is CCCCNc1ccc(S(=O)(=O)N(CC)CC)cc1NC(=O)c1ccsc1. The Hall–Kier alpha value is -1.90. The number of benzene rings is 1. The number of sulfonamides is 1. The van der Waals surface area contributed by atoms with Crippen molar-refractivity contribution in [2.45, 2.75) is 38.5 Å². The Labute approximate surface area is 165 Å². The zero-order valence-electron chi connectivity index (χ0n) is 16.0. The maximum absolute atomic E-state index is 12.8. The van der Waals surface area contributed by atoms with Gasteiger partial charge in [0.2, 0.25) is 10.0 Å². The Morgan fingerprint density at radius 3 is 2.44 bits per heavy atom. The molecule has 0 atom stereocenters. The van der Waals surface area contributed by atoms with Crippen LogP contribution in [-0.4, -0.2) is 38.3 Å². The fraction of sp³-hybridized carbons (Fsp3) is 0.421. The monoisotopic (exact) mass is 409 g/mol. The van der Waals surface area contributed by atoms with Gasteiger partial charge in [-0.3, -0.25) is 4.79 Å². The van der Waals surface area contributed by atoms with E-state index in [-0.39, 0.29) is 10.8 Å². The van der Waals surface area contributed by atoms with E-state index in [1.54, 1.807) is 37.4 Å². The van der Waals surface area contributed by atoms with Crippen molar-refractivity contribution in [1.82, 2.24) is 4.31 Å². The molecule has 1 aromatic heterocycles. The summed E-state index contributed by atoms with van der Waals surface area (Å²) < 4.78 is 27.1. The van der Waals surface area contributed by atoms with Crippen LogP contribution in [0, 0.1) is 0 Å². The van der Waals surface area contributed by atoms with Crippen molar-refractivity contribution in [3.63, 3.8) is 0 Å². The van der Waals surface area contributed by atoms with E-state index in [1.165, 1.54) is 21.7 Å². The van der Waals surface area contributed by atoms with Crippen LogP contribution < -0.4 is 10.6 Å². The summed E-state index contributed by atoms with van der Waals surface area (Å²) in [5.74, 6) is -0.257. The second kappa shape index (κ2) is 9.87. The molecule has 0 aliphatic rings. The molecular formula is C19H27N3O3S2. The summed E-state index contributed by atoms with van der Waals surface area (Å²) in [6.07, 6.45) is 2.02. The lowest BCUT2D eigenvalue weighted by Crippen LogP contribution is -2.30. The number of anilines is 2. The molecule has 1 amide bonds. The van der Waals surface area contributed by atoms with E-state index >= 15 is 0 Å². The molecule has 0 aliphatic carbocycles.